The van der Waals surface area contributed by atoms with Crippen molar-refractivity contribution in [2.24, 2.45) is 5.73 Å². The molecule has 1 atom stereocenters. The molecule has 1 aromatic rings. The van der Waals surface area contributed by atoms with Crippen molar-refractivity contribution in [1.29, 1.82) is 0 Å². The van der Waals surface area contributed by atoms with Crippen molar-refractivity contribution in [1.82, 2.24) is 9.97 Å². The van der Waals surface area contributed by atoms with Gasteiger partial charge in [0, 0.05) is 11.8 Å². The topological polar surface area (TPSA) is 63.8 Å². The maximum Gasteiger partial charge on any atom is 0.144 e. The van der Waals surface area contributed by atoms with E-state index < -0.39 is 0 Å². The predicted molar refractivity (Wildman–Crippen MR) is 67.3 cm³/mol. The Bertz CT molecular complexity index is 346. The SMILES string of the molecule is NC(=S)c1cnc(NC2CCSC2)cn1. The molecule has 1 fully saturated rings. The van der Waals surface area contributed by atoms with Crippen molar-refractivity contribution < 1.29 is 0 Å². The van der Waals surface area contributed by atoms with Crippen molar-refractivity contribution in [3.05, 3.63) is 18.1 Å². The average Bonchev–Trinajstić information content (AvgIpc) is 2.71. The molecule has 2 heterocycles. The molecule has 6 heteroatoms. The van der Waals surface area contributed by atoms with Gasteiger partial charge >= 0.3 is 0 Å². The molecule has 0 aromatic carbocycles. The smallest absolute Gasteiger partial charge is 0.144 e. The molecule has 1 unspecified atom stereocenters. The summed E-state index contributed by atoms with van der Waals surface area (Å²) >= 11 is 6.76. The summed E-state index contributed by atoms with van der Waals surface area (Å²) in [5.41, 5.74) is 6.00. The zero-order chi connectivity index (χ0) is 10.7. The molecular weight excluding hydrogens is 228 g/mol. The number of nitrogens with zero attached hydrogens (tertiary/aromatic N) is 2. The third kappa shape index (κ3) is 2.79. The van der Waals surface area contributed by atoms with Gasteiger partial charge < -0.3 is 11.1 Å². The number of nitrogens with two attached hydrogens (primary N) is 1. The first-order valence-electron chi connectivity index (χ1n) is 4.72. The summed E-state index contributed by atoms with van der Waals surface area (Å²) in [5.74, 6) is 3.15. The molecule has 0 radical (unpaired) electrons. The second-order valence-electron chi connectivity index (χ2n) is 3.36. The van der Waals surface area contributed by atoms with Gasteiger partial charge in [-0.05, 0) is 12.2 Å². The quantitative estimate of drug-likeness (QED) is 0.769. The molecular formula is C9H12N4S2. The second-order valence-corrected chi connectivity index (χ2v) is 4.95. The predicted octanol–water partition coefficient (Wildman–Crippen LogP) is 1.03. The zero-order valence-corrected chi connectivity index (χ0v) is 9.77. The summed E-state index contributed by atoms with van der Waals surface area (Å²) in [5, 5.41) is 3.33. The Balaban J connectivity index is 2.00. The van der Waals surface area contributed by atoms with Crippen LogP contribution in [-0.4, -0.2) is 32.5 Å². The van der Waals surface area contributed by atoms with Crippen LogP contribution in [0.1, 0.15) is 12.1 Å². The maximum absolute atomic E-state index is 5.43. The van der Waals surface area contributed by atoms with Crippen LogP contribution in [0.2, 0.25) is 0 Å². The van der Waals surface area contributed by atoms with Crippen molar-refractivity contribution in [2.45, 2.75) is 12.5 Å². The summed E-state index contributed by atoms with van der Waals surface area (Å²) in [6, 6.07) is 0.514. The first-order chi connectivity index (χ1) is 7.25. The Hall–Kier alpha value is -0.880. The lowest BCUT2D eigenvalue weighted by atomic mass is 10.3. The van der Waals surface area contributed by atoms with Gasteiger partial charge in [-0.3, -0.25) is 0 Å². The Labute approximate surface area is 98.1 Å². The highest BCUT2D eigenvalue weighted by Gasteiger charge is 2.15. The highest BCUT2D eigenvalue weighted by atomic mass is 32.2. The van der Waals surface area contributed by atoms with E-state index >= 15 is 0 Å². The fraction of sp³-hybridized carbons (Fsp3) is 0.444. The molecule has 0 saturated carbocycles. The van der Waals surface area contributed by atoms with Crippen molar-refractivity contribution in [3.63, 3.8) is 0 Å². The molecule has 3 N–H and O–H groups in total. The highest BCUT2D eigenvalue weighted by molar-refractivity contribution is 7.99. The Morgan fingerprint density at radius 2 is 2.40 bits per heavy atom. The van der Waals surface area contributed by atoms with Crippen LogP contribution in [0.3, 0.4) is 0 Å². The lowest BCUT2D eigenvalue weighted by Crippen LogP contribution is -2.19. The summed E-state index contributed by atoms with van der Waals surface area (Å²) in [6.45, 7) is 0. The summed E-state index contributed by atoms with van der Waals surface area (Å²) < 4.78 is 0. The molecule has 4 nitrogen and oxygen atoms in total. The number of thiocarbonyl (C=S) groups is 1. The van der Waals surface area contributed by atoms with Crippen LogP contribution >= 0.6 is 24.0 Å². The number of nitrogens with one attached hydrogen (secondary N) is 1. The molecule has 0 aliphatic carbocycles. The monoisotopic (exact) mass is 240 g/mol. The number of anilines is 1. The van der Waals surface area contributed by atoms with Gasteiger partial charge in [0.1, 0.15) is 16.5 Å². The minimum absolute atomic E-state index is 0.283. The fourth-order valence-corrected chi connectivity index (χ4v) is 2.65. The first kappa shape index (κ1) is 10.6. The van der Waals surface area contributed by atoms with E-state index in [1.165, 1.54) is 12.2 Å². The third-order valence-corrected chi connectivity index (χ3v) is 3.56. The van der Waals surface area contributed by atoms with Crippen LogP contribution in [0.15, 0.2) is 12.4 Å². The van der Waals surface area contributed by atoms with E-state index in [0.29, 0.717) is 11.7 Å². The van der Waals surface area contributed by atoms with E-state index in [1.807, 2.05) is 11.8 Å². The van der Waals surface area contributed by atoms with E-state index in [1.54, 1.807) is 12.4 Å². The van der Waals surface area contributed by atoms with Crippen molar-refractivity contribution >= 4 is 34.8 Å². The molecule has 1 aromatic heterocycles. The molecule has 1 saturated heterocycles. The van der Waals surface area contributed by atoms with Gasteiger partial charge in [0.25, 0.3) is 0 Å². The van der Waals surface area contributed by atoms with E-state index in [9.17, 15) is 0 Å². The van der Waals surface area contributed by atoms with Crippen LogP contribution in [0.5, 0.6) is 0 Å². The number of hydrogen-bond acceptors (Lipinski definition) is 5. The van der Waals surface area contributed by atoms with Gasteiger partial charge in [0.05, 0.1) is 12.4 Å². The number of aromatic nitrogens is 2. The van der Waals surface area contributed by atoms with Gasteiger partial charge in [-0.1, -0.05) is 12.2 Å². The minimum Gasteiger partial charge on any atom is -0.388 e. The van der Waals surface area contributed by atoms with Crippen LogP contribution in [-0.2, 0) is 0 Å². The highest BCUT2D eigenvalue weighted by Crippen LogP contribution is 2.19. The van der Waals surface area contributed by atoms with Gasteiger partial charge in [0.15, 0.2) is 0 Å². The molecule has 0 amide bonds. The second kappa shape index (κ2) is 4.76. The van der Waals surface area contributed by atoms with Crippen molar-refractivity contribution in [3.8, 4) is 0 Å². The molecule has 1 aliphatic rings. The van der Waals surface area contributed by atoms with Gasteiger partial charge in [-0.25, -0.2) is 9.97 Å². The minimum atomic E-state index is 0.283. The summed E-state index contributed by atoms with van der Waals surface area (Å²) in [4.78, 5) is 8.62. The normalized spacial score (nSPS) is 20.1. The van der Waals surface area contributed by atoms with Crippen molar-refractivity contribution in [2.75, 3.05) is 16.8 Å². The lowest BCUT2D eigenvalue weighted by Gasteiger charge is -2.11. The summed E-state index contributed by atoms with van der Waals surface area (Å²) in [7, 11) is 0. The Morgan fingerprint density at radius 3 is 2.93 bits per heavy atom. The number of thioether (sulfide) groups is 1. The fourth-order valence-electron chi connectivity index (χ4n) is 1.39. The van der Waals surface area contributed by atoms with Gasteiger partial charge in [-0.2, -0.15) is 11.8 Å². The average molecular weight is 240 g/mol. The molecule has 15 heavy (non-hydrogen) atoms. The number of hydrogen-bond donors (Lipinski definition) is 2. The molecule has 2 rings (SSSR count). The number of rotatable bonds is 3. The van der Waals surface area contributed by atoms with Crippen LogP contribution in [0.25, 0.3) is 0 Å². The molecule has 1 aliphatic heterocycles. The molecule has 0 spiro atoms. The van der Waals surface area contributed by atoms with Crippen LogP contribution in [0, 0.1) is 0 Å². The Morgan fingerprint density at radius 1 is 1.53 bits per heavy atom. The largest absolute Gasteiger partial charge is 0.388 e. The first-order valence-corrected chi connectivity index (χ1v) is 6.28. The molecule has 0 bridgehead atoms. The van der Waals surface area contributed by atoms with E-state index in [2.05, 4.69) is 15.3 Å². The third-order valence-electron chi connectivity index (χ3n) is 2.19. The zero-order valence-electron chi connectivity index (χ0n) is 8.14. The Kier molecular flexibility index (Phi) is 3.37. The van der Waals surface area contributed by atoms with Gasteiger partial charge in [0.2, 0.25) is 0 Å². The standard InChI is InChI=1S/C9H12N4S2/c10-9(14)7-3-12-8(4-11-7)13-6-1-2-15-5-6/h3-4,6H,1-2,5H2,(H2,10,14)(H,12,13). The molecule has 80 valence electrons. The summed E-state index contributed by atoms with van der Waals surface area (Å²) in [6.07, 6.45) is 4.47. The van der Waals surface area contributed by atoms with E-state index in [-0.39, 0.29) is 4.99 Å². The van der Waals surface area contributed by atoms with Gasteiger partial charge in [-0.15, -0.1) is 0 Å². The van der Waals surface area contributed by atoms with Crippen LogP contribution < -0.4 is 11.1 Å². The van der Waals surface area contributed by atoms with E-state index in [4.69, 9.17) is 18.0 Å². The lowest BCUT2D eigenvalue weighted by molar-refractivity contribution is 0.805. The van der Waals surface area contributed by atoms with Crippen LogP contribution in [0.4, 0.5) is 5.82 Å². The maximum atomic E-state index is 5.43. The van der Waals surface area contributed by atoms with E-state index in [0.717, 1.165) is 11.6 Å².